The van der Waals surface area contributed by atoms with Crippen molar-refractivity contribution in [2.24, 2.45) is 0 Å². The second-order valence-electron chi connectivity index (χ2n) is 4.14. The lowest BCUT2D eigenvalue weighted by molar-refractivity contribution is -0.133. The molecular weight excluding hydrogens is 260 g/mol. The molecule has 0 fully saturated rings. The van der Waals surface area contributed by atoms with Gasteiger partial charge < -0.3 is 20.1 Å². The van der Waals surface area contributed by atoms with E-state index in [4.69, 9.17) is 15.2 Å². The van der Waals surface area contributed by atoms with Crippen molar-refractivity contribution in [2.75, 3.05) is 32.5 Å². The third-order valence-corrected chi connectivity index (χ3v) is 2.79. The highest BCUT2D eigenvalue weighted by Gasteiger charge is 2.19. The molecule has 0 aliphatic rings. The summed E-state index contributed by atoms with van der Waals surface area (Å²) in [4.78, 5) is 25.1. The summed E-state index contributed by atoms with van der Waals surface area (Å²) in [7, 11) is 1.64. The smallest absolute Gasteiger partial charge is 0.344 e. The minimum absolute atomic E-state index is 0.154. The summed E-state index contributed by atoms with van der Waals surface area (Å²) < 4.78 is 10.3. The largest absolute Gasteiger partial charge is 0.493 e. The molecule has 20 heavy (non-hydrogen) atoms. The lowest BCUT2D eigenvalue weighted by Gasteiger charge is -2.15. The molecule has 0 heterocycles. The van der Waals surface area contributed by atoms with E-state index in [1.165, 1.54) is 4.90 Å². The molecule has 6 nitrogen and oxygen atoms in total. The molecule has 0 saturated heterocycles. The van der Waals surface area contributed by atoms with Crippen LogP contribution in [0.15, 0.2) is 18.2 Å². The van der Waals surface area contributed by atoms with Crippen LogP contribution in [0.25, 0.3) is 0 Å². The van der Waals surface area contributed by atoms with Gasteiger partial charge in [-0.15, -0.1) is 0 Å². The van der Waals surface area contributed by atoms with Gasteiger partial charge in [-0.25, -0.2) is 4.79 Å². The number of esters is 1. The highest BCUT2D eigenvalue weighted by molar-refractivity contribution is 5.99. The zero-order valence-corrected chi connectivity index (χ0v) is 12.0. The number of nitrogen functional groups attached to an aromatic ring is 1. The summed E-state index contributed by atoms with van der Waals surface area (Å²) in [6.07, 6.45) is 0. The molecule has 110 valence electrons. The molecule has 1 aromatic carbocycles. The Morgan fingerprint density at radius 1 is 1.30 bits per heavy atom. The minimum Gasteiger partial charge on any atom is -0.493 e. The highest BCUT2D eigenvalue weighted by atomic mass is 16.5. The molecule has 0 aromatic heterocycles. The molecule has 0 aliphatic heterocycles. The molecular formula is C14H20N2O4. The van der Waals surface area contributed by atoms with Crippen molar-refractivity contribution in [3.8, 4) is 5.75 Å². The van der Waals surface area contributed by atoms with Crippen LogP contribution in [0.2, 0.25) is 0 Å². The highest BCUT2D eigenvalue weighted by Crippen LogP contribution is 2.25. The number of hydrogen-bond acceptors (Lipinski definition) is 5. The fourth-order valence-corrected chi connectivity index (χ4v) is 1.53. The fourth-order valence-electron chi connectivity index (χ4n) is 1.53. The van der Waals surface area contributed by atoms with Crippen molar-refractivity contribution >= 4 is 17.6 Å². The Kier molecular flexibility index (Phi) is 5.83. The number of carbonyl (C=O) groups excluding carboxylic acids is 2. The number of nitrogens with zero attached hydrogens (tertiary/aromatic N) is 1. The molecule has 1 rings (SSSR count). The zero-order valence-electron chi connectivity index (χ0n) is 12.0. The Morgan fingerprint density at radius 2 is 2.00 bits per heavy atom. The summed E-state index contributed by atoms with van der Waals surface area (Å²) >= 11 is 0. The molecule has 6 heteroatoms. The van der Waals surface area contributed by atoms with Crippen LogP contribution in [0, 0.1) is 0 Å². The van der Waals surface area contributed by atoms with Crippen LogP contribution in [0.3, 0.4) is 0 Å². The van der Waals surface area contributed by atoms with E-state index in [-0.39, 0.29) is 23.8 Å². The van der Waals surface area contributed by atoms with Crippen molar-refractivity contribution in [1.29, 1.82) is 0 Å². The fraction of sp³-hybridized carbons (Fsp3) is 0.429. The molecule has 0 unspecified atom stereocenters. The van der Waals surface area contributed by atoms with Gasteiger partial charge in [0.1, 0.15) is 11.3 Å². The maximum Gasteiger partial charge on any atom is 0.344 e. The molecule has 1 amide bonds. The van der Waals surface area contributed by atoms with Crippen LogP contribution in [-0.4, -0.2) is 43.6 Å². The van der Waals surface area contributed by atoms with Crippen LogP contribution in [0.1, 0.15) is 24.2 Å². The quantitative estimate of drug-likeness (QED) is 0.627. The van der Waals surface area contributed by atoms with E-state index in [9.17, 15) is 9.59 Å². The summed E-state index contributed by atoms with van der Waals surface area (Å²) in [6.45, 7) is 4.28. The van der Waals surface area contributed by atoms with Gasteiger partial charge in [0.25, 0.3) is 5.91 Å². The molecule has 0 saturated carbocycles. The van der Waals surface area contributed by atoms with Gasteiger partial charge in [0.05, 0.1) is 6.61 Å². The van der Waals surface area contributed by atoms with E-state index in [1.807, 2.05) is 6.92 Å². The van der Waals surface area contributed by atoms with E-state index in [2.05, 4.69) is 0 Å². The first-order valence-electron chi connectivity index (χ1n) is 6.43. The summed E-state index contributed by atoms with van der Waals surface area (Å²) in [5.41, 5.74) is 6.18. The van der Waals surface area contributed by atoms with Crippen molar-refractivity contribution in [1.82, 2.24) is 4.90 Å². The lowest BCUT2D eigenvalue weighted by Crippen LogP contribution is -2.31. The van der Waals surface area contributed by atoms with E-state index in [0.29, 0.717) is 18.9 Å². The molecule has 2 N–H and O–H groups in total. The number of rotatable bonds is 6. The molecule has 0 radical (unpaired) electrons. The standard InChI is InChI=1S/C14H20N2O4/c1-4-16(3)12(17)9-20-14(18)13-10(15)7-6-8-11(13)19-5-2/h6-8H,4-5,9,15H2,1-3H3. The summed E-state index contributed by atoms with van der Waals surface area (Å²) in [5.74, 6) is -0.577. The number of amides is 1. The zero-order chi connectivity index (χ0) is 15.1. The van der Waals surface area contributed by atoms with Crippen molar-refractivity contribution in [2.45, 2.75) is 13.8 Å². The lowest BCUT2D eigenvalue weighted by atomic mass is 10.1. The molecule has 1 aromatic rings. The van der Waals surface area contributed by atoms with Gasteiger partial charge in [-0.05, 0) is 26.0 Å². The Morgan fingerprint density at radius 3 is 2.60 bits per heavy atom. The number of benzene rings is 1. The van der Waals surface area contributed by atoms with Crippen LogP contribution in [-0.2, 0) is 9.53 Å². The average molecular weight is 280 g/mol. The number of carbonyl (C=O) groups is 2. The number of anilines is 1. The average Bonchev–Trinajstić information content (AvgIpc) is 2.44. The van der Waals surface area contributed by atoms with Crippen molar-refractivity contribution < 1.29 is 19.1 Å². The monoisotopic (exact) mass is 280 g/mol. The second-order valence-corrected chi connectivity index (χ2v) is 4.14. The van der Waals surface area contributed by atoms with Gasteiger partial charge in [-0.1, -0.05) is 6.07 Å². The first kappa shape index (κ1) is 15.8. The van der Waals surface area contributed by atoms with Gasteiger partial charge in [0, 0.05) is 19.3 Å². The van der Waals surface area contributed by atoms with Gasteiger partial charge in [-0.3, -0.25) is 4.79 Å². The van der Waals surface area contributed by atoms with Gasteiger partial charge >= 0.3 is 5.97 Å². The Balaban J connectivity index is 2.80. The predicted molar refractivity (Wildman–Crippen MR) is 75.6 cm³/mol. The van der Waals surface area contributed by atoms with Gasteiger partial charge in [0.2, 0.25) is 0 Å². The third-order valence-electron chi connectivity index (χ3n) is 2.79. The Bertz CT molecular complexity index is 488. The Labute approximate surface area is 118 Å². The second kappa shape index (κ2) is 7.37. The van der Waals surface area contributed by atoms with E-state index < -0.39 is 5.97 Å². The summed E-state index contributed by atoms with van der Waals surface area (Å²) in [6, 6.07) is 4.91. The summed E-state index contributed by atoms with van der Waals surface area (Å²) in [5, 5.41) is 0. The van der Waals surface area contributed by atoms with Crippen molar-refractivity contribution in [3.05, 3.63) is 23.8 Å². The van der Waals surface area contributed by atoms with E-state index >= 15 is 0 Å². The molecule has 0 spiro atoms. The van der Waals surface area contributed by atoms with Gasteiger partial charge in [0.15, 0.2) is 6.61 Å². The first-order chi connectivity index (χ1) is 9.51. The number of nitrogens with two attached hydrogens (primary N) is 1. The van der Waals surface area contributed by atoms with Crippen LogP contribution in [0.4, 0.5) is 5.69 Å². The molecule has 0 atom stereocenters. The Hall–Kier alpha value is -2.24. The van der Waals surface area contributed by atoms with Crippen molar-refractivity contribution in [3.63, 3.8) is 0 Å². The van der Waals surface area contributed by atoms with Gasteiger partial charge in [-0.2, -0.15) is 0 Å². The maximum absolute atomic E-state index is 12.0. The SMILES string of the molecule is CCOc1cccc(N)c1C(=O)OCC(=O)N(C)CC. The minimum atomic E-state index is -0.663. The first-order valence-corrected chi connectivity index (χ1v) is 6.43. The normalized spacial score (nSPS) is 9.95. The third kappa shape index (κ3) is 3.88. The topological polar surface area (TPSA) is 81.9 Å². The molecule has 0 bridgehead atoms. The molecule has 0 aliphatic carbocycles. The van der Waals surface area contributed by atoms with E-state index in [0.717, 1.165) is 0 Å². The van der Waals surface area contributed by atoms with Crippen LogP contribution < -0.4 is 10.5 Å². The van der Waals surface area contributed by atoms with Crippen LogP contribution >= 0.6 is 0 Å². The maximum atomic E-state index is 12.0. The predicted octanol–water partition coefficient (Wildman–Crippen LogP) is 1.30. The number of ether oxygens (including phenoxy) is 2. The number of hydrogen-bond donors (Lipinski definition) is 1. The van der Waals surface area contributed by atoms with Crippen LogP contribution in [0.5, 0.6) is 5.75 Å². The number of likely N-dealkylation sites (N-methyl/N-ethyl adjacent to an activating group) is 1. The van der Waals surface area contributed by atoms with E-state index in [1.54, 1.807) is 32.2 Å².